The highest BCUT2D eigenvalue weighted by Crippen LogP contribution is 2.39. The first kappa shape index (κ1) is 38.9. The van der Waals surface area contributed by atoms with Gasteiger partial charge in [-0.25, -0.2) is 0 Å². The summed E-state index contributed by atoms with van der Waals surface area (Å²) in [4.78, 5) is 27.4. The van der Waals surface area contributed by atoms with Gasteiger partial charge in [-0.1, -0.05) is 84.9 Å². The van der Waals surface area contributed by atoms with Gasteiger partial charge in [0.05, 0.1) is 24.9 Å². The summed E-state index contributed by atoms with van der Waals surface area (Å²) in [5.74, 6) is -2.55. The van der Waals surface area contributed by atoms with Crippen molar-refractivity contribution >= 4 is 11.8 Å². The van der Waals surface area contributed by atoms with E-state index >= 15 is 0 Å². The van der Waals surface area contributed by atoms with Crippen molar-refractivity contribution in [2.24, 2.45) is 0 Å². The molecular formula is C41H44F3N3O7. The van der Waals surface area contributed by atoms with Crippen molar-refractivity contribution in [2.75, 3.05) is 26.7 Å². The third-order valence-corrected chi connectivity index (χ3v) is 9.89. The van der Waals surface area contributed by atoms with Crippen LogP contribution < -0.4 is 5.32 Å². The number of likely N-dealkylation sites (tertiary alicyclic amines) is 1. The number of nitrogens with zero attached hydrogens (tertiary/aromatic N) is 2. The lowest BCUT2D eigenvalue weighted by molar-refractivity contribution is -0.252. The summed E-state index contributed by atoms with van der Waals surface area (Å²) in [5, 5.41) is 33.0. The van der Waals surface area contributed by atoms with E-state index in [0.29, 0.717) is 36.4 Å². The predicted octanol–water partition coefficient (Wildman–Crippen LogP) is 5.93. The van der Waals surface area contributed by atoms with Gasteiger partial charge >= 0.3 is 12.1 Å². The van der Waals surface area contributed by atoms with Gasteiger partial charge in [-0.3, -0.25) is 9.59 Å². The Morgan fingerprint density at radius 3 is 2.39 bits per heavy atom. The lowest BCUT2D eigenvalue weighted by atomic mass is 9.97. The fraction of sp³-hybridized carbons (Fsp3) is 0.366. The van der Waals surface area contributed by atoms with Crippen LogP contribution in [0.5, 0.6) is 5.75 Å². The minimum absolute atomic E-state index is 0.0578. The van der Waals surface area contributed by atoms with Crippen LogP contribution in [-0.2, 0) is 32.2 Å². The van der Waals surface area contributed by atoms with Gasteiger partial charge in [0.15, 0.2) is 6.29 Å². The molecule has 2 aliphatic heterocycles. The molecule has 0 radical (unpaired) electrons. The maximum absolute atomic E-state index is 13.1. The molecule has 0 spiro atoms. The lowest BCUT2D eigenvalue weighted by Gasteiger charge is -2.38. The molecule has 0 bridgehead atoms. The van der Waals surface area contributed by atoms with Gasteiger partial charge in [-0.2, -0.15) is 13.2 Å². The van der Waals surface area contributed by atoms with E-state index in [2.05, 4.69) is 5.32 Å². The van der Waals surface area contributed by atoms with E-state index in [4.69, 9.17) is 9.47 Å². The topological polar surface area (TPSA) is 132 Å². The molecule has 6 rings (SSSR count). The zero-order chi connectivity index (χ0) is 38.4. The molecule has 54 heavy (non-hydrogen) atoms. The number of halogens is 3. The van der Waals surface area contributed by atoms with Gasteiger partial charge in [-0.15, -0.1) is 0 Å². The molecule has 0 unspecified atom stereocenters. The van der Waals surface area contributed by atoms with Crippen LogP contribution in [0.25, 0.3) is 11.1 Å². The van der Waals surface area contributed by atoms with Crippen LogP contribution in [0.2, 0.25) is 0 Å². The number of ether oxygens (including phenoxy) is 2. The number of hydrogen-bond donors (Lipinski definition) is 4. The van der Waals surface area contributed by atoms with E-state index in [1.165, 1.54) is 0 Å². The second kappa shape index (κ2) is 17.1. The molecule has 0 aliphatic carbocycles. The van der Waals surface area contributed by atoms with Crippen LogP contribution in [0.4, 0.5) is 13.2 Å². The smallest absolute Gasteiger partial charge is 0.471 e. The van der Waals surface area contributed by atoms with E-state index in [1.807, 2.05) is 84.7 Å². The number of alkyl halides is 3. The Morgan fingerprint density at radius 2 is 1.69 bits per heavy atom. The standard InChI is InChI=1S/C41H44F3N3O7/c1-46(24-36(50)30-7-4-8-32(49)20-30)23-33-21-37(28-13-11-26(25-48)12-14-28)54-39(53-33)29-17-15-27(16-18-29)34-9-3-2-6-31(34)22-45-38(51)35-10-5-19-47(35)40(52)41(42,43)44/h2-4,6-9,11-18,20,33,35-37,39,48-50H,5,10,19,21-25H2,1H3,(H,45,51)/t33-,35+,36-,37+,39+/m1/s1. The summed E-state index contributed by atoms with van der Waals surface area (Å²) in [6.07, 6.45) is -6.17. The molecule has 2 aliphatic rings. The highest BCUT2D eigenvalue weighted by molar-refractivity contribution is 5.90. The van der Waals surface area contributed by atoms with Crippen molar-refractivity contribution in [3.63, 3.8) is 0 Å². The Hall–Kier alpha value is -4.79. The molecule has 2 saturated heterocycles. The van der Waals surface area contributed by atoms with Crippen LogP contribution in [0.15, 0.2) is 97.1 Å². The maximum atomic E-state index is 13.1. The van der Waals surface area contributed by atoms with E-state index < -0.39 is 36.4 Å². The van der Waals surface area contributed by atoms with Crippen LogP contribution in [0.3, 0.4) is 0 Å². The summed E-state index contributed by atoms with van der Waals surface area (Å²) >= 11 is 0. The molecule has 5 atom stereocenters. The summed E-state index contributed by atoms with van der Waals surface area (Å²) in [6.45, 7) is 0.662. The molecule has 286 valence electrons. The third kappa shape index (κ3) is 9.46. The first-order valence-electron chi connectivity index (χ1n) is 17.9. The first-order valence-corrected chi connectivity index (χ1v) is 17.9. The van der Waals surface area contributed by atoms with Crippen molar-refractivity contribution in [3.8, 4) is 16.9 Å². The van der Waals surface area contributed by atoms with Gasteiger partial charge in [0, 0.05) is 38.2 Å². The van der Waals surface area contributed by atoms with Gasteiger partial charge in [-0.05, 0) is 65.4 Å². The number of benzene rings is 4. The lowest BCUT2D eigenvalue weighted by Crippen LogP contribution is -2.50. The number of phenolic OH excluding ortho intramolecular Hbond substituents is 1. The Bertz CT molecular complexity index is 1890. The molecule has 10 nitrogen and oxygen atoms in total. The molecule has 2 heterocycles. The SMILES string of the molecule is CN(C[C@H]1C[C@@H](c2ccc(CO)cc2)O[C@@H](c2ccc(-c3ccccc3CNC(=O)[C@@H]3CCCN3C(=O)C(F)(F)F)cc2)O1)C[C@@H](O)c1cccc(O)c1. The van der Waals surface area contributed by atoms with Crippen LogP contribution in [-0.4, -0.2) is 81.9 Å². The average Bonchev–Trinajstić information content (AvgIpc) is 3.66. The quantitative estimate of drug-likeness (QED) is 0.140. The number of carbonyl (C=O) groups excluding carboxylic acids is 2. The van der Waals surface area contributed by atoms with E-state index in [9.17, 15) is 38.1 Å². The number of hydrogen-bond acceptors (Lipinski definition) is 8. The largest absolute Gasteiger partial charge is 0.508 e. The number of carbonyl (C=O) groups is 2. The zero-order valence-electron chi connectivity index (χ0n) is 29.8. The van der Waals surface area contributed by atoms with E-state index in [-0.39, 0.29) is 44.1 Å². The summed E-state index contributed by atoms with van der Waals surface area (Å²) in [5.41, 5.74) is 5.49. The molecule has 0 aromatic heterocycles. The minimum atomic E-state index is -5.04. The highest BCUT2D eigenvalue weighted by atomic mass is 19.4. The van der Waals surface area contributed by atoms with Gasteiger partial charge < -0.3 is 39.9 Å². The van der Waals surface area contributed by atoms with Crippen LogP contribution in [0.1, 0.15) is 65.6 Å². The van der Waals surface area contributed by atoms with Gasteiger partial charge in [0.1, 0.15) is 11.8 Å². The second-order valence-corrected chi connectivity index (χ2v) is 13.8. The number of phenols is 1. The Kier molecular flexibility index (Phi) is 12.3. The summed E-state index contributed by atoms with van der Waals surface area (Å²) in [7, 11) is 1.89. The summed E-state index contributed by atoms with van der Waals surface area (Å²) in [6, 6.07) is 28.0. The van der Waals surface area contributed by atoms with Crippen molar-refractivity contribution in [1.82, 2.24) is 15.1 Å². The average molecular weight is 748 g/mol. The molecule has 4 aromatic rings. The van der Waals surface area contributed by atoms with Crippen LogP contribution >= 0.6 is 0 Å². The van der Waals surface area contributed by atoms with Crippen molar-refractivity contribution < 1.29 is 47.6 Å². The predicted molar refractivity (Wildman–Crippen MR) is 194 cm³/mol. The number of aliphatic hydroxyl groups excluding tert-OH is 2. The van der Waals surface area contributed by atoms with Crippen LogP contribution in [0, 0.1) is 0 Å². The molecule has 4 N–H and O–H groups in total. The fourth-order valence-corrected chi connectivity index (χ4v) is 7.11. The molecular weight excluding hydrogens is 703 g/mol. The third-order valence-electron chi connectivity index (χ3n) is 9.89. The molecule has 2 amide bonds. The molecule has 2 fully saturated rings. The maximum Gasteiger partial charge on any atom is 0.471 e. The fourth-order valence-electron chi connectivity index (χ4n) is 7.11. The zero-order valence-corrected chi connectivity index (χ0v) is 29.8. The number of likely N-dealkylation sites (N-methyl/N-ethyl adjacent to an activating group) is 1. The Labute approximate surface area is 311 Å². The normalized spacial score (nSPS) is 20.9. The van der Waals surface area contributed by atoms with Crippen molar-refractivity contribution in [1.29, 1.82) is 0 Å². The number of rotatable bonds is 12. The first-order chi connectivity index (χ1) is 25.9. The number of amides is 2. The Morgan fingerprint density at radius 1 is 0.963 bits per heavy atom. The van der Waals surface area contributed by atoms with Crippen molar-refractivity contribution in [3.05, 3.63) is 125 Å². The molecule has 4 aromatic carbocycles. The number of aliphatic hydroxyl groups is 2. The monoisotopic (exact) mass is 747 g/mol. The van der Waals surface area contributed by atoms with Gasteiger partial charge in [0.2, 0.25) is 5.91 Å². The van der Waals surface area contributed by atoms with Crippen molar-refractivity contribution in [2.45, 2.75) is 69.2 Å². The Balaban J connectivity index is 1.15. The minimum Gasteiger partial charge on any atom is -0.508 e. The summed E-state index contributed by atoms with van der Waals surface area (Å²) < 4.78 is 52.3. The number of aromatic hydroxyl groups is 1. The van der Waals surface area contributed by atoms with Gasteiger partial charge in [0.25, 0.3) is 0 Å². The molecule has 0 saturated carbocycles. The van der Waals surface area contributed by atoms with E-state index in [0.717, 1.165) is 33.4 Å². The number of nitrogens with one attached hydrogen (secondary N) is 1. The highest BCUT2D eigenvalue weighted by Gasteiger charge is 2.47. The molecule has 13 heteroatoms. The second-order valence-electron chi connectivity index (χ2n) is 13.8. The van der Waals surface area contributed by atoms with E-state index in [1.54, 1.807) is 24.3 Å².